The monoisotopic (exact) mass is 213 g/mol. The number of hydrogen-bond donors (Lipinski definition) is 1. The molecule has 0 bridgehead atoms. The lowest BCUT2D eigenvalue weighted by Gasteiger charge is -2.19. The van der Waals surface area contributed by atoms with Crippen LogP contribution in [0.15, 0.2) is 6.07 Å². The zero-order valence-electron chi connectivity index (χ0n) is 9.06. The van der Waals surface area contributed by atoms with Gasteiger partial charge in [-0.15, -0.1) is 0 Å². The maximum atomic E-state index is 5.74. The average Bonchev–Trinajstić information content (AvgIpc) is 1.97. The van der Waals surface area contributed by atoms with E-state index >= 15 is 0 Å². The van der Waals surface area contributed by atoms with Gasteiger partial charge in [-0.2, -0.15) is 0 Å². The van der Waals surface area contributed by atoms with E-state index in [1.54, 1.807) is 0 Å². The summed E-state index contributed by atoms with van der Waals surface area (Å²) in [6.07, 6.45) is 0. The molecule has 1 rings (SSSR count). The van der Waals surface area contributed by atoms with Crippen molar-refractivity contribution in [2.45, 2.75) is 27.7 Å². The molecule has 14 heavy (non-hydrogen) atoms. The summed E-state index contributed by atoms with van der Waals surface area (Å²) in [5.74, 6) is 0.789. The quantitative estimate of drug-likeness (QED) is 0.768. The second-order valence-electron chi connectivity index (χ2n) is 4.58. The Morgan fingerprint density at radius 2 is 2.00 bits per heavy atom. The summed E-state index contributed by atoms with van der Waals surface area (Å²) in [7, 11) is 0. The summed E-state index contributed by atoms with van der Waals surface area (Å²) in [5, 5.41) is 3.52. The van der Waals surface area contributed by atoms with Crippen LogP contribution in [-0.2, 0) is 0 Å². The zero-order chi connectivity index (χ0) is 10.8. The predicted octanol–water partition coefficient (Wildman–Crippen LogP) is 2.90. The number of hydrogen-bond acceptors (Lipinski definition) is 3. The molecule has 0 atom stereocenters. The zero-order valence-corrected chi connectivity index (χ0v) is 9.81. The van der Waals surface area contributed by atoms with Crippen molar-refractivity contribution in [2.24, 2.45) is 5.41 Å². The van der Waals surface area contributed by atoms with Gasteiger partial charge >= 0.3 is 0 Å². The highest BCUT2D eigenvalue weighted by Crippen LogP contribution is 2.15. The summed E-state index contributed by atoms with van der Waals surface area (Å²) in [5.41, 5.74) is 1.10. The lowest BCUT2D eigenvalue weighted by molar-refractivity contribution is 0.442. The summed E-state index contributed by atoms with van der Waals surface area (Å²) in [6, 6.07) is 1.89. The van der Waals surface area contributed by atoms with Crippen LogP contribution in [0.25, 0.3) is 0 Å². The minimum absolute atomic E-state index is 0.228. The van der Waals surface area contributed by atoms with E-state index in [2.05, 4.69) is 36.1 Å². The fourth-order valence-corrected chi connectivity index (χ4v) is 1.20. The van der Waals surface area contributed by atoms with Gasteiger partial charge in [-0.1, -0.05) is 20.8 Å². The molecule has 0 fully saturated rings. The topological polar surface area (TPSA) is 37.8 Å². The molecule has 1 aromatic rings. The van der Waals surface area contributed by atoms with Crippen molar-refractivity contribution in [1.29, 1.82) is 0 Å². The number of aromatic nitrogens is 2. The third kappa shape index (κ3) is 3.92. The predicted molar refractivity (Wildman–Crippen MR) is 59.7 cm³/mol. The molecule has 0 unspecified atom stereocenters. The van der Waals surface area contributed by atoms with E-state index < -0.39 is 0 Å². The van der Waals surface area contributed by atoms with Gasteiger partial charge in [0.05, 0.1) is 0 Å². The Kier molecular flexibility index (Phi) is 3.32. The van der Waals surface area contributed by atoms with Gasteiger partial charge in [0.25, 0.3) is 0 Å². The number of halogens is 1. The van der Waals surface area contributed by atoms with Crippen molar-refractivity contribution in [3.05, 3.63) is 17.0 Å². The summed E-state index contributed by atoms with van der Waals surface area (Å²) in [4.78, 5) is 8.07. The number of aryl methyl sites for hydroxylation is 1. The molecule has 0 saturated carbocycles. The highest BCUT2D eigenvalue weighted by Gasteiger charge is 2.10. The third-order valence-electron chi connectivity index (χ3n) is 1.63. The molecule has 0 aromatic carbocycles. The number of nitrogens with one attached hydrogen (secondary N) is 1. The number of nitrogens with zero attached hydrogens (tertiary/aromatic N) is 2. The molecule has 1 aromatic heterocycles. The van der Waals surface area contributed by atoms with Crippen LogP contribution in [0.3, 0.4) is 0 Å². The Morgan fingerprint density at radius 1 is 1.36 bits per heavy atom. The van der Waals surface area contributed by atoms with Gasteiger partial charge in [0.15, 0.2) is 0 Å². The van der Waals surface area contributed by atoms with Crippen molar-refractivity contribution in [3.8, 4) is 0 Å². The fourth-order valence-electron chi connectivity index (χ4n) is 0.979. The Hall–Kier alpha value is -0.830. The van der Waals surface area contributed by atoms with Gasteiger partial charge in [-0.25, -0.2) is 9.97 Å². The minimum Gasteiger partial charge on any atom is -0.369 e. The molecule has 4 heteroatoms. The van der Waals surface area contributed by atoms with E-state index in [1.807, 2.05) is 13.0 Å². The normalized spacial score (nSPS) is 11.5. The first-order valence-corrected chi connectivity index (χ1v) is 5.00. The molecule has 1 heterocycles. The number of rotatable bonds is 2. The first-order valence-electron chi connectivity index (χ1n) is 4.62. The standard InChI is InChI=1S/C10H16ClN3/c1-7-5-8(14-9(11)13-7)12-6-10(2,3)4/h5H,6H2,1-4H3,(H,12,13,14). The SMILES string of the molecule is Cc1cc(NCC(C)(C)C)nc(Cl)n1. The Balaban J connectivity index is 2.68. The van der Waals surface area contributed by atoms with E-state index in [-0.39, 0.29) is 5.41 Å². The number of anilines is 1. The molecule has 0 amide bonds. The van der Waals surface area contributed by atoms with Gasteiger partial charge < -0.3 is 5.32 Å². The molecule has 0 aliphatic carbocycles. The molecule has 0 aliphatic rings. The fraction of sp³-hybridized carbons (Fsp3) is 0.600. The van der Waals surface area contributed by atoms with Crippen molar-refractivity contribution in [2.75, 3.05) is 11.9 Å². The van der Waals surface area contributed by atoms with Crippen LogP contribution in [0.5, 0.6) is 0 Å². The van der Waals surface area contributed by atoms with Crippen LogP contribution in [0.4, 0.5) is 5.82 Å². The lowest BCUT2D eigenvalue weighted by atomic mass is 9.97. The molecule has 0 spiro atoms. The average molecular weight is 214 g/mol. The van der Waals surface area contributed by atoms with Gasteiger partial charge in [-0.3, -0.25) is 0 Å². The minimum atomic E-state index is 0.228. The van der Waals surface area contributed by atoms with E-state index in [0.29, 0.717) is 5.28 Å². The smallest absolute Gasteiger partial charge is 0.224 e. The Morgan fingerprint density at radius 3 is 2.50 bits per heavy atom. The first kappa shape index (κ1) is 11.2. The van der Waals surface area contributed by atoms with Crippen LogP contribution in [0, 0.1) is 12.3 Å². The Bertz CT molecular complexity index is 297. The molecule has 0 saturated heterocycles. The highest BCUT2D eigenvalue weighted by atomic mass is 35.5. The van der Waals surface area contributed by atoms with Crippen LogP contribution < -0.4 is 5.32 Å². The highest BCUT2D eigenvalue weighted by molar-refractivity contribution is 6.28. The Labute approximate surface area is 89.9 Å². The lowest BCUT2D eigenvalue weighted by Crippen LogP contribution is -2.19. The van der Waals surface area contributed by atoms with E-state index in [9.17, 15) is 0 Å². The van der Waals surface area contributed by atoms with Crippen molar-refractivity contribution in [3.63, 3.8) is 0 Å². The van der Waals surface area contributed by atoms with Crippen LogP contribution >= 0.6 is 11.6 Å². The molecule has 3 nitrogen and oxygen atoms in total. The second-order valence-corrected chi connectivity index (χ2v) is 4.92. The van der Waals surface area contributed by atoms with Crippen LogP contribution in [0.2, 0.25) is 5.28 Å². The molecule has 1 N–H and O–H groups in total. The maximum absolute atomic E-state index is 5.74. The van der Waals surface area contributed by atoms with Crippen molar-refractivity contribution < 1.29 is 0 Å². The molecule has 0 radical (unpaired) electrons. The van der Waals surface area contributed by atoms with E-state index in [0.717, 1.165) is 18.1 Å². The van der Waals surface area contributed by atoms with Crippen molar-refractivity contribution in [1.82, 2.24) is 9.97 Å². The molecule has 78 valence electrons. The largest absolute Gasteiger partial charge is 0.369 e. The van der Waals surface area contributed by atoms with E-state index in [4.69, 9.17) is 11.6 Å². The summed E-state index contributed by atoms with van der Waals surface area (Å²) >= 11 is 5.74. The van der Waals surface area contributed by atoms with Gasteiger partial charge in [0, 0.05) is 18.3 Å². The second kappa shape index (κ2) is 4.13. The van der Waals surface area contributed by atoms with Gasteiger partial charge in [0.2, 0.25) is 5.28 Å². The van der Waals surface area contributed by atoms with Crippen molar-refractivity contribution >= 4 is 17.4 Å². The van der Waals surface area contributed by atoms with Gasteiger partial charge in [0.1, 0.15) is 5.82 Å². The maximum Gasteiger partial charge on any atom is 0.224 e. The van der Waals surface area contributed by atoms with Gasteiger partial charge in [-0.05, 0) is 23.9 Å². The molecule has 0 aliphatic heterocycles. The first-order chi connectivity index (χ1) is 6.37. The van der Waals surface area contributed by atoms with Crippen LogP contribution in [0.1, 0.15) is 26.5 Å². The summed E-state index contributed by atoms with van der Waals surface area (Å²) < 4.78 is 0. The van der Waals surface area contributed by atoms with E-state index in [1.165, 1.54) is 0 Å². The third-order valence-corrected chi connectivity index (χ3v) is 1.80. The molecular formula is C10H16ClN3. The summed E-state index contributed by atoms with van der Waals surface area (Å²) in [6.45, 7) is 9.25. The molecular weight excluding hydrogens is 198 g/mol. The van der Waals surface area contributed by atoms with Crippen LogP contribution in [-0.4, -0.2) is 16.5 Å².